The highest BCUT2D eigenvalue weighted by atomic mass is 16.6. The van der Waals surface area contributed by atoms with Gasteiger partial charge in [0.25, 0.3) is 0 Å². The predicted octanol–water partition coefficient (Wildman–Crippen LogP) is 5.47. The van der Waals surface area contributed by atoms with Crippen LogP contribution in [0.4, 0.5) is 4.79 Å². The molecule has 1 saturated heterocycles. The molecule has 1 heterocycles. The Morgan fingerprint density at radius 2 is 1.51 bits per heavy atom. The minimum Gasteiger partial charge on any atom is -0.481 e. The van der Waals surface area contributed by atoms with Gasteiger partial charge < -0.3 is 29.7 Å². The van der Waals surface area contributed by atoms with Crippen molar-refractivity contribution in [3.8, 4) is 11.1 Å². The second-order valence-electron chi connectivity index (χ2n) is 14.8. The molecule has 2 aromatic rings. The molecule has 0 radical (unpaired) electrons. The molecule has 2 aromatic carbocycles. The Bertz CT molecular complexity index is 1470. The fraction of sp³-hybridized carbons (Fsp3) is 0.600. The Morgan fingerprint density at radius 3 is 2.04 bits per heavy atom. The first-order valence-corrected chi connectivity index (χ1v) is 18.5. The van der Waals surface area contributed by atoms with E-state index in [4.69, 9.17) is 9.47 Å². The molecule has 280 valence electrons. The first-order chi connectivity index (χ1) is 24.3. The lowest BCUT2D eigenvalue weighted by atomic mass is 9.90. The summed E-state index contributed by atoms with van der Waals surface area (Å²) in [5, 5.41) is 12.6. The number of carboxylic acid groups (broad SMARTS) is 1. The third-order valence-electron chi connectivity index (χ3n) is 10.7. The second kappa shape index (κ2) is 18.0. The number of nitrogens with one attached hydrogen (secondary N) is 1. The lowest BCUT2D eigenvalue weighted by molar-refractivity contribution is -0.148. The van der Waals surface area contributed by atoms with Gasteiger partial charge in [-0.05, 0) is 46.4 Å². The van der Waals surface area contributed by atoms with E-state index in [9.17, 15) is 24.3 Å². The van der Waals surface area contributed by atoms with Gasteiger partial charge in [-0.1, -0.05) is 96.5 Å². The fourth-order valence-corrected chi connectivity index (χ4v) is 7.85. The quantitative estimate of drug-likeness (QED) is 0.250. The van der Waals surface area contributed by atoms with Crippen molar-refractivity contribution in [3.05, 3.63) is 59.7 Å². The lowest BCUT2D eigenvalue weighted by Gasteiger charge is -2.40. The number of amides is 3. The summed E-state index contributed by atoms with van der Waals surface area (Å²) in [4.78, 5) is 58.6. The molecule has 1 aliphatic heterocycles. The minimum atomic E-state index is -1.00. The number of hydrogen-bond acceptors (Lipinski definition) is 7. The smallest absolute Gasteiger partial charge is 0.409 e. The number of fused-ring (bicyclic) bond motifs is 3. The van der Waals surface area contributed by atoms with E-state index < -0.39 is 30.2 Å². The standard InChI is InChI=1S/C40H58N4O7/c1-9-27(6)37(33(50-8)23-34(45)46)42(7)39(48)35(25(2)3)41-38(47)36(26(4)5)43-19-14-20-44(22-21-43)40(49)51-24-32-30-17-12-10-15-28(30)29-16-11-13-18-31(29)32/h10-13,15-18,25-27,32-33,35-37H,9,14,19-24H2,1-8H3,(H,41,47)(H,45,46)/t27-,33?,35-,36-,37-/m0/s1. The van der Waals surface area contributed by atoms with Crippen LogP contribution in [0, 0.1) is 17.8 Å². The Hall–Kier alpha value is -3.96. The molecule has 11 nitrogen and oxygen atoms in total. The first kappa shape index (κ1) is 39.8. The van der Waals surface area contributed by atoms with Crippen LogP contribution in [0.15, 0.2) is 48.5 Å². The van der Waals surface area contributed by atoms with Crippen molar-refractivity contribution < 1.29 is 33.8 Å². The highest BCUT2D eigenvalue weighted by Gasteiger charge is 2.40. The van der Waals surface area contributed by atoms with Crippen molar-refractivity contribution >= 4 is 23.9 Å². The van der Waals surface area contributed by atoms with Gasteiger partial charge in [0.2, 0.25) is 11.8 Å². The molecule has 5 atom stereocenters. The van der Waals surface area contributed by atoms with Gasteiger partial charge in [0, 0.05) is 46.3 Å². The molecule has 1 aliphatic carbocycles. The molecule has 0 aromatic heterocycles. The fourth-order valence-electron chi connectivity index (χ4n) is 7.85. The largest absolute Gasteiger partial charge is 0.481 e. The molecule has 3 amide bonds. The van der Waals surface area contributed by atoms with E-state index in [1.807, 2.05) is 65.8 Å². The average Bonchev–Trinajstić information content (AvgIpc) is 3.22. The SMILES string of the molecule is CC[C@H](C)[C@@H](C(CC(=O)O)OC)N(C)C(=O)[C@@H](NC(=O)[C@H](C(C)C)N1CCCN(C(=O)OCC2c3ccccc3-c3ccccc32)CC1)C(C)C. The molecule has 0 bridgehead atoms. The summed E-state index contributed by atoms with van der Waals surface area (Å²) in [6.45, 7) is 14.0. The maximum atomic E-state index is 14.1. The van der Waals surface area contributed by atoms with Crippen LogP contribution in [0.5, 0.6) is 0 Å². The van der Waals surface area contributed by atoms with Crippen LogP contribution >= 0.6 is 0 Å². The number of carbonyl (C=O) groups excluding carboxylic acids is 3. The van der Waals surface area contributed by atoms with Crippen LogP contribution in [0.2, 0.25) is 0 Å². The van der Waals surface area contributed by atoms with Gasteiger partial charge in [-0.3, -0.25) is 19.3 Å². The zero-order valence-electron chi connectivity index (χ0n) is 31.6. The zero-order valence-corrected chi connectivity index (χ0v) is 31.6. The number of aliphatic carboxylic acids is 1. The number of rotatable bonds is 15. The third kappa shape index (κ3) is 9.29. The first-order valence-electron chi connectivity index (χ1n) is 18.5. The molecule has 1 fully saturated rings. The number of carbonyl (C=O) groups is 4. The summed E-state index contributed by atoms with van der Waals surface area (Å²) < 4.78 is 11.5. The van der Waals surface area contributed by atoms with E-state index in [1.54, 1.807) is 16.8 Å². The molecule has 1 unspecified atom stereocenters. The van der Waals surface area contributed by atoms with E-state index in [1.165, 1.54) is 18.2 Å². The number of benzene rings is 2. The third-order valence-corrected chi connectivity index (χ3v) is 10.7. The number of hydrogen-bond donors (Lipinski definition) is 2. The van der Waals surface area contributed by atoms with E-state index >= 15 is 0 Å². The maximum Gasteiger partial charge on any atom is 0.409 e. The van der Waals surface area contributed by atoms with Gasteiger partial charge >= 0.3 is 12.1 Å². The van der Waals surface area contributed by atoms with E-state index in [2.05, 4.69) is 34.5 Å². The summed E-state index contributed by atoms with van der Waals surface area (Å²) in [5.41, 5.74) is 4.69. The molecule has 11 heteroatoms. The highest BCUT2D eigenvalue weighted by molar-refractivity contribution is 5.90. The average molecular weight is 707 g/mol. The van der Waals surface area contributed by atoms with Crippen LogP contribution in [0.1, 0.15) is 77.8 Å². The van der Waals surface area contributed by atoms with Crippen molar-refractivity contribution in [1.82, 2.24) is 20.0 Å². The number of ether oxygens (including phenoxy) is 2. The maximum absolute atomic E-state index is 14.1. The van der Waals surface area contributed by atoms with Gasteiger partial charge in [-0.2, -0.15) is 0 Å². The van der Waals surface area contributed by atoms with Crippen LogP contribution < -0.4 is 5.32 Å². The molecule has 2 N–H and O–H groups in total. The molecule has 51 heavy (non-hydrogen) atoms. The Labute approximate surface area is 303 Å². The van der Waals surface area contributed by atoms with Crippen molar-refractivity contribution in [1.29, 1.82) is 0 Å². The molecule has 0 saturated carbocycles. The van der Waals surface area contributed by atoms with Gasteiger partial charge in [0.15, 0.2) is 0 Å². The summed E-state index contributed by atoms with van der Waals surface area (Å²) in [6, 6.07) is 14.7. The second-order valence-corrected chi connectivity index (χ2v) is 14.8. The van der Waals surface area contributed by atoms with Crippen LogP contribution in [-0.4, -0.2) is 115 Å². The number of methoxy groups -OCH3 is 1. The van der Waals surface area contributed by atoms with Crippen molar-refractivity contribution in [3.63, 3.8) is 0 Å². The number of likely N-dealkylation sites (N-methyl/N-ethyl adjacent to an activating group) is 1. The number of nitrogens with zero attached hydrogens (tertiary/aromatic N) is 3. The summed E-state index contributed by atoms with van der Waals surface area (Å²) in [6.07, 6.45) is 0.104. The van der Waals surface area contributed by atoms with Gasteiger partial charge in [-0.15, -0.1) is 0 Å². The van der Waals surface area contributed by atoms with Crippen LogP contribution in [0.3, 0.4) is 0 Å². The van der Waals surface area contributed by atoms with Crippen LogP contribution in [0.25, 0.3) is 11.1 Å². The summed E-state index contributed by atoms with van der Waals surface area (Å²) in [7, 11) is 3.13. The van der Waals surface area contributed by atoms with Crippen molar-refractivity contribution in [2.75, 3.05) is 46.9 Å². The van der Waals surface area contributed by atoms with Gasteiger partial charge in [-0.25, -0.2) is 4.79 Å². The monoisotopic (exact) mass is 706 g/mol. The van der Waals surface area contributed by atoms with Crippen molar-refractivity contribution in [2.45, 2.75) is 91.0 Å². The van der Waals surface area contributed by atoms with Gasteiger partial charge in [0.1, 0.15) is 12.6 Å². The Kier molecular flexibility index (Phi) is 14.1. The van der Waals surface area contributed by atoms with Crippen molar-refractivity contribution in [2.24, 2.45) is 17.8 Å². The molecular weight excluding hydrogens is 648 g/mol. The molecule has 2 aliphatic rings. The molecule has 0 spiro atoms. The Morgan fingerprint density at radius 1 is 0.902 bits per heavy atom. The predicted molar refractivity (Wildman–Crippen MR) is 197 cm³/mol. The van der Waals surface area contributed by atoms with Crippen LogP contribution in [-0.2, 0) is 23.9 Å². The van der Waals surface area contributed by atoms with E-state index in [0.29, 0.717) is 32.6 Å². The summed E-state index contributed by atoms with van der Waals surface area (Å²) in [5.74, 6) is -1.86. The zero-order chi connectivity index (χ0) is 37.4. The topological polar surface area (TPSA) is 129 Å². The Balaban J connectivity index is 1.41. The van der Waals surface area contributed by atoms with E-state index in [-0.39, 0.29) is 54.6 Å². The highest BCUT2D eigenvalue weighted by Crippen LogP contribution is 2.44. The van der Waals surface area contributed by atoms with Gasteiger partial charge in [0.05, 0.1) is 24.6 Å². The minimum absolute atomic E-state index is 0.0208. The summed E-state index contributed by atoms with van der Waals surface area (Å²) >= 11 is 0. The normalized spacial score (nSPS) is 17.9. The molecule has 4 rings (SSSR count). The lowest BCUT2D eigenvalue weighted by Crippen LogP contribution is -2.60. The van der Waals surface area contributed by atoms with E-state index in [0.717, 1.165) is 17.5 Å². The number of carboxylic acids is 1. The molecular formula is C40H58N4O7.